The molecule has 174 valence electrons. The molecule has 1 N–H and O–H groups in total. The van der Waals surface area contributed by atoms with Gasteiger partial charge in [-0.2, -0.15) is 0 Å². The third-order valence-corrected chi connectivity index (χ3v) is 7.05. The monoisotopic (exact) mass is 635 g/mol. The quantitative estimate of drug-likeness (QED) is 0.425. The molecule has 0 saturated carbocycles. The van der Waals surface area contributed by atoms with Crippen molar-refractivity contribution in [3.63, 3.8) is 0 Å². The summed E-state index contributed by atoms with van der Waals surface area (Å²) >= 11 is 5.51. The van der Waals surface area contributed by atoms with Crippen LogP contribution in [0.1, 0.15) is 26.3 Å². The Morgan fingerprint density at radius 3 is 2.09 bits per heavy atom. The number of hydrogen-bond donors (Lipinski definition) is 1. The van der Waals surface area contributed by atoms with Gasteiger partial charge in [-0.3, -0.25) is 13.9 Å². The van der Waals surface area contributed by atoms with Crippen LogP contribution in [0.25, 0.3) is 0 Å². The van der Waals surface area contributed by atoms with Gasteiger partial charge >= 0.3 is 0 Å². The Balaban J connectivity index is 2.36. The zero-order valence-corrected chi connectivity index (χ0v) is 22.9. The van der Waals surface area contributed by atoms with E-state index in [9.17, 15) is 18.0 Å². The molecular weight excluding hydrogens is 609 g/mol. The fraction of sp³-hybridized carbons (Fsp3) is 0.364. The van der Waals surface area contributed by atoms with E-state index >= 15 is 0 Å². The topological polar surface area (TPSA) is 86.8 Å². The molecular formula is C22H27BrIN3O4S. The molecule has 0 radical (unpaired) electrons. The zero-order chi connectivity index (χ0) is 24.1. The van der Waals surface area contributed by atoms with Crippen LogP contribution in [-0.2, 0) is 26.2 Å². The minimum absolute atomic E-state index is 0.0890. The molecule has 10 heteroatoms. The van der Waals surface area contributed by atoms with Gasteiger partial charge in [0.15, 0.2) is 0 Å². The molecule has 1 atom stereocenters. The summed E-state index contributed by atoms with van der Waals surface area (Å²) in [7, 11) is -3.73. The molecule has 0 aliphatic carbocycles. The largest absolute Gasteiger partial charge is 0.352 e. The highest BCUT2D eigenvalue weighted by atomic mass is 127. The summed E-state index contributed by atoms with van der Waals surface area (Å²) in [5.74, 6) is -0.770. The Bertz CT molecular complexity index is 1040. The van der Waals surface area contributed by atoms with E-state index < -0.39 is 28.5 Å². The van der Waals surface area contributed by atoms with Crippen molar-refractivity contribution >= 4 is 66.0 Å². The highest BCUT2D eigenvalue weighted by molar-refractivity contribution is 14.1. The van der Waals surface area contributed by atoms with Gasteiger partial charge in [0.05, 0.1) is 11.9 Å². The van der Waals surface area contributed by atoms with E-state index in [-0.39, 0.29) is 18.5 Å². The molecule has 0 heterocycles. The van der Waals surface area contributed by atoms with Crippen LogP contribution in [0.3, 0.4) is 0 Å². The number of rotatable bonds is 9. The number of amides is 2. The van der Waals surface area contributed by atoms with E-state index in [4.69, 9.17) is 0 Å². The standard InChI is InChI=1S/C22H27BrIN3O4S/c1-15(2)25-22(29)16(3)26(13-17-5-7-18(23)8-6-17)21(28)14-27(32(4,30)31)20-11-9-19(24)10-12-20/h5-12,15-16H,13-14H2,1-4H3,(H,25,29). The number of benzene rings is 2. The van der Waals surface area contributed by atoms with Crippen molar-refractivity contribution in [3.05, 3.63) is 62.1 Å². The molecule has 2 aromatic rings. The minimum atomic E-state index is -3.73. The van der Waals surface area contributed by atoms with Gasteiger partial charge < -0.3 is 10.2 Å². The number of nitrogens with zero attached hydrogens (tertiary/aromatic N) is 2. The van der Waals surface area contributed by atoms with Crippen LogP contribution < -0.4 is 9.62 Å². The van der Waals surface area contributed by atoms with E-state index in [2.05, 4.69) is 43.8 Å². The predicted octanol–water partition coefficient (Wildman–Crippen LogP) is 3.76. The molecule has 0 bridgehead atoms. The van der Waals surface area contributed by atoms with Crippen LogP contribution in [0.2, 0.25) is 0 Å². The summed E-state index contributed by atoms with van der Waals surface area (Å²) in [6.07, 6.45) is 1.06. The van der Waals surface area contributed by atoms with E-state index in [0.717, 1.165) is 24.2 Å². The Labute approximate surface area is 211 Å². The molecule has 2 rings (SSSR count). The highest BCUT2D eigenvalue weighted by Crippen LogP contribution is 2.21. The molecule has 0 spiro atoms. The number of carbonyl (C=O) groups excluding carboxylic acids is 2. The second-order valence-electron chi connectivity index (χ2n) is 7.73. The average molecular weight is 636 g/mol. The lowest BCUT2D eigenvalue weighted by molar-refractivity contribution is -0.139. The molecule has 0 aromatic heterocycles. The predicted molar refractivity (Wildman–Crippen MR) is 139 cm³/mol. The molecule has 2 aromatic carbocycles. The number of halogens is 2. The average Bonchev–Trinajstić information content (AvgIpc) is 2.70. The van der Waals surface area contributed by atoms with Crippen LogP contribution in [0.5, 0.6) is 0 Å². The van der Waals surface area contributed by atoms with Gasteiger partial charge in [0.1, 0.15) is 12.6 Å². The Kier molecular flexibility index (Phi) is 9.53. The number of carbonyl (C=O) groups is 2. The van der Waals surface area contributed by atoms with Crippen molar-refractivity contribution in [1.29, 1.82) is 0 Å². The van der Waals surface area contributed by atoms with Crippen LogP contribution in [0, 0.1) is 3.57 Å². The van der Waals surface area contributed by atoms with Crippen LogP contribution in [0.4, 0.5) is 5.69 Å². The van der Waals surface area contributed by atoms with Gasteiger partial charge in [-0.25, -0.2) is 8.42 Å². The molecule has 2 amide bonds. The summed E-state index contributed by atoms with van der Waals surface area (Å²) in [6, 6.07) is 13.4. The van der Waals surface area contributed by atoms with Gasteiger partial charge in [0.25, 0.3) is 0 Å². The first-order chi connectivity index (χ1) is 14.9. The number of hydrogen-bond acceptors (Lipinski definition) is 4. The number of anilines is 1. The van der Waals surface area contributed by atoms with E-state index in [1.807, 2.05) is 38.1 Å². The van der Waals surface area contributed by atoms with Crippen molar-refractivity contribution in [2.75, 3.05) is 17.1 Å². The Hall–Kier alpha value is -1.66. The maximum Gasteiger partial charge on any atom is 0.244 e. The molecule has 0 saturated heterocycles. The van der Waals surface area contributed by atoms with Crippen molar-refractivity contribution < 1.29 is 18.0 Å². The second kappa shape index (κ2) is 11.5. The van der Waals surface area contributed by atoms with Gasteiger partial charge in [-0.1, -0.05) is 28.1 Å². The van der Waals surface area contributed by atoms with Gasteiger partial charge in [0, 0.05) is 20.6 Å². The Morgan fingerprint density at radius 2 is 1.59 bits per heavy atom. The first-order valence-corrected chi connectivity index (χ1v) is 13.7. The number of nitrogens with one attached hydrogen (secondary N) is 1. The normalized spacial score (nSPS) is 12.3. The van der Waals surface area contributed by atoms with E-state index in [0.29, 0.717) is 5.69 Å². The minimum Gasteiger partial charge on any atom is -0.352 e. The third kappa shape index (κ3) is 7.73. The van der Waals surface area contributed by atoms with Crippen molar-refractivity contribution in [2.24, 2.45) is 0 Å². The highest BCUT2D eigenvalue weighted by Gasteiger charge is 2.30. The molecule has 7 nitrogen and oxygen atoms in total. The summed E-state index contributed by atoms with van der Waals surface area (Å²) in [5, 5.41) is 2.82. The van der Waals surface area contributed by atoms with Crippen LogP contribution in [-0.4, -0.2) is 50.0 Å². The maximum absolute atomic E-state index is 13.4. The third-order valence-electron chi connectivity index (χ3n) is 4.66. The second-order valence-corrected chi connectivity index (χ2v) is 11.8. The van der Waals surface area contributed by atoms with Gasteiger partial charge in [0.2, 0.25) is 21.8 Å². The van der Waals surface area contributed by atoms with Crippen molar-refractivity contribution in [3.8, 4) is 0 Å². The lowest BCUT2D eigenvalue weighted by atomic mass is 10.1. The molecule has 1 unspecified atom stereocenters. The summed E-state index contributed by atoms with van der Waals surface area (Å²) in [4.78, 5) is 27.5. The summed E-state index contributed by atoms with van der Waals surface area (Å²) in [6.45, 7) is 5.09. The van der Waals surface area contributed by atoms with E-state index in [1.54, 1.807) is 31.2 Å². The first-order valence-electron chi connectivity index (χ1n) is 9.96. The fourth-order valence-corrected chi connectivity index (χ4v) is 4.47. The lowest BCUT2D eigenvalue weighted by Crippen LogP contribution is -2.52. The molecule has 0 fully saturated rings. The molecule has 0 aliphatic rings. The fourth-order valence-electron chi connectivity index (χ4n) is 3.00. The zero-order valence-electron chi connectivity index (χ0n) is 18.4. The number of sulfonamides is 1. The SMILES string of the molecule is CC(C)NC(=O)C(C)N(Cc1ccc(Br)cc1)C(=O)CN(c1ccc(I)cc1)S(C)(=O)=O. The molecule has 32 heavy (non-hydrogen) atoms. The van der Waals surface area contributed by atoms with Crippen LogP contribution >= 0.6 is 38.5 Å². The summed E-state index contributed by atoms with van der Waals surface area (Å²) in [5.41, 5.74) is 1.22. The van der Waals surface area contributed by atoms with Crippen molar-refractivity contribution in [2.45, 2.75) is 39.4 Å². The van der Waals surface area contributed by atoms with E-state index in [1.165, 1.54) is 4.90 Å². The maximum atomic E-state index is 13.4. The van der Waals surface area contributed by atoms with Crippen molar-refractivity contribution in [1.82, 2.24) is 10.2 Å². The van der Waals surface area contributed by atoms with Crippen LogP contribution in [0.15, 0.2) is 53.0 Å². The van der Waals surface area contributed by atoms with Gasteiger partial charge in [-0.15, -0.1) is 0 Å². The smallest absolute Gasteiger partial charge is 0.244 e. The lowest BCUT2D eigenvalue weighted by Gasteiger charge is -2.32. The molecule has 0 aliphatic heterocycles. The first kappa shape index (κ1) is 26.6. The Morgan fingerprint density at radius 1 is 1.03 bits per heavy atom. The summed E-state index contributed by atoms with van der Waals surface area (Å²) < 4.78 is 27.9. The van der Waals surface area contributed by atoms with Gasteiger partial charge in [-0.05, 0) is 85.3 Å².